The van der Waals surface area contributed by atoms with Gasteiger partial charge in [0.2, 0.25) is 0 Å². The molecule has 49 heavy (non-hydrogen) atoms. The van der Waals surface area contributed by atoms with Crippen molar-refractivity contribution in [2.75, 3.05) is 40.4 Å². The second-order valence-electron chi connectivity index (χ2n) is 14.8. The van der Waals surface area contributed by atoms with E-state index in [1.165, 1.54) is 128 Å². The quantitative estimate of drug-likeness (QED) is 0.0376. The Balaban J connectivity index is 2.22. The Bertz CT molecular complexity index is 757. The molecule has 0 unspecified atom stereocenters. The third kappa shape index (κ3) is 26.6. The normalized spacial score (nSPS) is 13.4. The molecule has 0 atom stereocenters. The molecule has 0 aromatic heterocycles. The monoisotopic (exact) mass is 695 g/mol. The molecule has 1 saturated heterocycles. The summed E-state index contributed by atoms with van der Waals surface area (Å²) in [5.41, 5.74) is 0. The molecule has 0 N–H and O–H groups in total. The predicted octanol–water partition coefficient (Wildman–Crippen LogP) is 10.8. The van der Waals surface area contributed by atoms with Crippen LogP contribution in [0.3, 0.4) is 0 Å². The van der Waals surface area contributed by atoms with Crippen LogP contribution in [0.2, 0.25) is 0 Å². The molecule has 0 aliphatic carbocycles. The predicted molar refractivity (Wildman–Crippen MR) is 202 cm³/mol. The van der Waals surface area contributed by atoms with Crippen LogP contribution in [0.25, 0.3) is 0 Å². The minimum absolute atomic E-state index is 0.0920. The summed E-state index contributed by atoms with van der Waals surface area (Å²) in [6.07, 6.45) is 31.9. The zero-order valence-corrected chi connectivity index (χ0v) is 32.6. The van der Waals surface area contributed by atoms with Gasteiger partial charge in [0.1, 0.15) is 13.2 Å². The van der Waals surface area contributed by atoms with E-state index in [9.17, 15) is 14.4 Å². The Labute approximate surface area is 302 Å². The molecule has 8 nitrogen and oxygen atoms in total. The van der Waals surface area contributed by atoms with Crippen LogP contribution in [0, 0.1) is 0 Å². The number of amides is 1. The zero-order valence-electron chi connectivity index (χ0n) is 32.6. The SMILES string of the molecule is CCCCCCCCCCCCCCCC(=O)OCC(COC(=O)CCCCCCCCCCCCCCC)OC(=O)N(C)C1CN(C)C1. The van der Waals surface area contributed by atoms with Gasteiger partial charge in [0.05, 0.1) is 6.04 Å². The number of hydrogen-bond acceptors (Lipinski definition) is 7. The lowest BCUT2D eigenvalue weighted by atomic mass is 10.0. The van der Waals surface area contributed by atoms with Crippen LogP contribution in [-0.4, -0.2) is 80.4 Å². The summed E-state index contributed by atoms with van der Waals surface area (Å²) in [4.78, 5) is 41.5. The summed E-state index contributed by atoms with van der Waals surface area (Å²) in [5.74, 6) is -0.590. The van der Waals surface area contributed by atoms with Crippen molar-refractivity contribution >= 4 is 18.0 Å². The summed E-state index contributed by atoms with van der Waals surface area (Å²) in [5, 5.41) is 0. The number of nitrogens with zero attached hydrogens (tertiary/aromatic N) is 2. The zero-order chi connectivity index (χ0) is 35.8. The molecule has 0 spiro atoms. The number of carbonyl (C=O) groups excluding carboxylic acids is 3. The number of carbonyl (C=O) groups is 3. The molecule has 1 heterocycles. The summed E-state index contributed by atoms with van der Waals surface area (Å²) >= 11 is 0. The largest absolute Gasteiger partial charge is 0.462 e. The highest BCUT2D eigenvalue weighted by Crippen LogP contribution is 2.16. The maximum absolute atomic E-state index is 12.8. The molecule has 288 valence electrons. The standard InChI is InChI=1S/C41H78N2O6/c1-5-7-9-11-13-15-17-19-21-23-25-27-29-31-39(44)47-35-38(49-41(46)43(4)37-33-42(3)34-37)36-48-40(45)32-30-28-26-24-22-20-18-16-14-12-10-8-6-2/h37-38H,5-36H2,1-4H3. The van der Waals surface area contributed by atoms with Crippen LogP contribution in [-0.2, 0) is 23.8 Å². The highest BCUT2D eigenvalue weighted by atomic mass is 16.6. The van der Waals surface area contributed by atoms with Gasteiger partial charge in [-0.05, 0) is 19.9 Å². The van der Waals surface area contributed by atoms with Crippen LogP contribution in [0.4, 0.5) is 4.79 Å². The molecule has 0 aromatic carbocycles. The number of hydrogen-bond donors (Lipinski definition) is 0. The van der Waals surface area contributed by atoms with Crippen molar-refractivity contribution in [2.24, 2.45) is 0 Å². The third-order valence-corrected chi connectivity index (χ3v) is 9.98. The van der Waals surface area contributed by atoms with E-state index in [0.717, 1.165) is 51.6 Å². The lowest BCUT2D eigenvalue weighted by Crippen LogP contribution is -2.58. The van der Waals surface area contributed by atoms with Crippen LogP contribution < -0.4 is 0 Å². The number of likely N-dealkylation sites (tertiary alicyclic amines) is 1. The molecule has 1 amide bonds. The summed E-state index contributed by atoms with van der Waals surface area (Å²) in [6, 6.07) is 0.0920. The fourth-order valence-electron chi connectivity index (χ4n) is 6.49. The highest BCUT2D eigenvalue weighted by molar-refractivity contribution is 5.70. The van der Waals surface area contributed by atoms with E-state index >= 15 is 0 Å². The molecular weight excluding hydrogens is 616 g/mol. The first-order valence-electron chi connectivity index (χ1n) is 20.8. The van der Waals surface area contributed by atoms with Crippen molar-refractivity contribution in [1.29, 1.82) is 0 Å². The molecule has 0 radical (unpaired) electrons. The highest BCUT2D eigenvalue weighted by Gasteiger charge is 2.32. The third-order valence-electron chi connectivity index (χ3n) is 9.98. The van der Waals surface area contributed by atoms with E-state index in [1.807, 2.05) is 7.05 Å². The first-order chi connectivity index (χ1) is 23.9. The smallest absolute Gasteiger partial charge is 0.410 e. The second-order valence-corrected chi connectivity index (χ2v) is 14.8. The average molecular weight is 695 g/mol. The number of ether oxygens (including phenoxy) is 3. The maximum Gasteiger partial charge on any atom is 0.410 e. The second kappa shape index (κ2) is 32.1. The van der Waals surface area contributed by atoms with E-state index in [0.29, 0.717) is 12.8 Å². The first-order valence-corrected chi connectivity index (χ1v) is 20.8. The van der Waals surface area contributed by atoms with Gasteiger partial charge in [-0.3, -0.25) is 9.59 Å². The van der Waals surface area contributed by atoms with Crippen molar-refractivity contribution in [3.05, 3.63) is 0 Å². The van der Waals surface area contributed by atoms with E-state index < -0.39 is 12.2 Å². The molecule has 0 bridgehead atoms. The first kappa shape index (κ1) is 45.2. The van der Waals surface area contributed by atoms with Gasteiger partial charge in [-0.15, -0.1) is 0 Å². The van der Waals surface area contributed by atoms with Crippen LogP contribution in [0.1, 0.15) is 194 Å². The lowest BCUT2D eigenvalue weighted by Gasteiger charge is -2.41. The van der Waals surface area contributed by atoms with E-state index in [4.69, 9.17) is 14.2 Å². The molecule has 1 aliphatic heterocycles. The molecule has 1 fully saturated rings. The topological polar surface area (TPSA) is 85.4 Å². The van der Waals surface area contributed by atoms with Gasteiger partial charge in [0.25, 0.3) is 0 Å². The number of rotatable bonds is 34. The van der Waals surface area contributed by atoms with Crippen molar-refractivity contribution in [3.63, 3.8) is 0 Å². The Morgan fingerprint density at radius 3 is 1.16 bits per heavy atom. The molecule has 0 aromatic rings. The number of unbranched alkanes of at least 4 members (excludes halogenated alkanes) is 24. The van der Waals surface area contributed by atoms with Crippen LogP contribution in [0.5, 0.6) is 0 Å². The van der Waals surface area contributed by atoms with Gasteiger partial charge in [0.15, 0.2) is 6.10 Å². The van der Waals surface area contributed by atoms with Gasteiger partial charge in [-0.1, -0.05) is 168 Å². The van der Waals surface area contributed by atoms with Gasteiger partial charge < -0.3 is 24.0 Å². The van der Waals surface area contributed by atoms with Gasteiger partial charge in [-0.25, -0.2) is 4.79 Å². The number of esters is 2. The lowest BCUT2D eigenvalue weighted by molar-refractivity contribution is -0.153. The summed E-state index contributed by atoms with van der Waals surface area (Å²) in [6.45, 7) is 5.89. The fourth-order valence-corrected chi connectivity index (χ4v) is 6.49. The van der Waals surface area contributed by atoms with E-state index in [2.05, 4.69) is 18.7 Å². The van der Waals surface area contributed by atoms with Crippen molar-refractivity contribution in [2.45, 2.75) is 206 Å². The van der Waals surface area contributed by atoms with Crippen molar-refractivity contribution in [3.8, 4) is 0 Å². The van der Waals surface area contributed by atoms with E-state index in [1.54, 1.807) is 11.9 Å². The van der Waals surface area contributed by atoms with Gasteiger partial charge >= 0.3 is 18.0 Å². The fraction of sp³-hybridized carbons (Fsp3) is 0.927. The van der Waals surface area contributed by atoms with Crippen LogP contribution in [0.15, 0.2) is 0 Å². The maximum atomic E-state index is 12.8. The average Bonchev–Trinajstić information content (AvgIpc) is 3.08. The van der Waals surface area contributed by atoms with Gasteiger partial charge in [0, 0.05) is 33.0 Å². The van der Waals surface area contributed by atoms with Crippen LogP contribution >= 0.6 is 0 Å². The summed E-state index contributed by atoms with van der Waals surface area (Å²) < 4.78 is 16.6. The van der Waals surface area contributed by atoms with E-state index in [-0.39, 0.29) is 31.2 Å². The Morgan fingerprint density at radius 1 is 0.551 bits per heavy atom. The van der Waals surface area contributed by atoms with Crippen molar-refractivity contribution < 1.29 is 28.6 Å². The summed E-state index contributed by atoms with van der Waals surface area (Å²) in [7, 11) is 3.73. The molecular formula is C41H78N2O6. The Hall–Kier alpha value is -1.83. The molecule has 8 heteroatoms. The molecule has 1 rings (SSSR count). The Morgan fingerprint density at radius 2 is 0.857 bits per heavy atom. The van der Waals surface area contributed by atoms with Crippen molar-refractivity contribution in [1.82, 2.24) is 9.80 Å². The number of likely N-dealkylation sites (N-methyl/N-ethyl adjacent to an activating group) is 2. The van der Waals surface area contributed by atoms with Gasteiger partial charge in [-0.2, -0.15) is 0 Å². The minimum Gasteiger partial charge on any atom is -0.462 e. The minimum atomic E-state index is -0.820. The molecule has 0 saturated carbocycles. The Kier molecular flexibility index (Phi) is 29.6. The molecule has 1 aliphatic rings.